The second-order valence-corrected chi connectivity index (χ2v) is 6.04. The highest BCUT2D eigenvalue weighted by molar-refractivity contribution is 7.89. The zero-order chi connectivity index (χ0) is 14.1. The summed E-state index contributed by atoms with van der Waals surface area (Å²) in [7, 11) is 0.0581. The Labute approximate surface area is 115 Å². The molecular formula is C13H22N2O3S. The van der Waals surface area contributed by atoms with Crippen molar-refractivity contribution in [3.8, 4) is 0 Å². The Morgan fingerprint density at radius 2 is 2.05 bits per heavy atom. The quantitative estimate of drug-likeness (QED) is 0.667. The van der Waals surface area contributed by atoms with Gasteiger partial charge in [0.1, 0.15) is 0 Å². The zero-order valence-corrected chi connectivity index (χ0v) is 12.3. The summed E-state index contributed by atoms with van der Waals surface area (Å²) in [5, 5.41) is 3.00. The van der Waals surface area contributed by atoms with Crippen LogP contribution >= 0.6 is 0 Å². The van der Waals surface area contributed by atoms with Crippen LogP contribution in [0.25, 0.3) is 0 Å². The molecule has 0 heterocycles. The molecule has 0 atom stereocenters. The number of ether oxygens (including phenoxy) is 1. The average Bonchev–Trinajstić information content (AvgIpc) is 2.39. The first-order valence-electron chi connectivity index (χ1n) is 6.32. The molecule has 1 aromatic carbocycles. The van der Waals surface area contributed by atoms with Crippen molar-refractivity contribution in [2.45, 2.75) is 24.3 Å². The van der Waals surface area contributed by atoms with Gasteiger partial charge in [0.2, 0.25) is 10.0 Å². The Morgan fingerprint density at radius 3 is 2.74 bits per heavy atom. The maximum atomic E-state index is 12.1. The monoisotopic (exact) mass is 286 g/mol. The lowest BCUT2D eigenvalue weighted by atomic mass is 10.2. The number of unbranched alkanes of at least 4 members (excludes halogenated alkanes) is 1. The van der Waals surface area contributed by atoms with Gasteiger partial charge in [0.05, 0.1) is 4.90 Å². The molecule has 1 rings (SSSR count). The van der Waals surface area contributed by atoms with Crippen molar-refractivity contribution < 1.29 is 13.2 Å². The van der Waals surface area contributed by atoms with Gasteiger partial charge in [-0.25, -0.2) is 13.1 Å². The van der Waals surface area contributed by atoms with E-state index in [1.807, 2.05) is 13.1 Å². The molecule has 2 N–H and O–H groups in total. The number of hydrogen-bond donors (Lipinski definition) is 2. The Balaban J connectivity index is 2.58. The summed E-state index contributed by atoms with van der Waals surface area (Å²) in [6.45, 7) is 1.73. The van der Waals surface area contributed by atoms with Crippen LogP contribution in [-0.2, 0) is 21.3 Å². The molecule has 0 radical (unpaired) electrons. The van der Waals surface area contributed by atoms with Crippen molar-refractivity contribution in [2.75, 3.05) is 27.3 Å². The topological polar surface area (TPSA) is 67.4 Å². The van der Waals surface area contributed by atoms with E-state index in [4.69, 9.17) is 4.74 Å². The largest absolute Gasteiger partial charge is 0.385 e. The smallest absolute Gasteiger partial charge is 0.240 e. The van der Waals surface area contributed by atoms with Crippen LogP contribution in [0, 0.1) is 0 Å². The molecule has 1 aromatic rings. The molecule has 5 nitrogen and oxygen atoms in total. The highest BCUT2D eigenvalue weighted by Crippen LogP contribution is 2.11. The maximum Gasteiger partial charge on any atom is 0.240 e. The third-order valence-corrected chi connectivity index (χ3v) is 4.12. The number of benzene rings is 1. The summed E-state index contributed by atoms with van der Waals surface area (Å²) >= 11 is 0. The first-order chi connectivity index (χ1) is 9.10. The molecule has 0 aliphatic carbocycles. The predicted octanol–water partition coefficient (Wildman–Crippen LogP) is 1.11. The third kappa shape index (κ3) is 5.69. The first kappa shape index (κ1) is 16.1. The molecule has 6 heteroatoms. The Hall–Kier alpha value is -0.950. The molecule has 0 spiro atoms. The van der Waals surface area contributed by atoms with Gasteiger partial charge in [-0.1, -0.05) is 12.1 Å². The van der Waals surface area contributed by atoms with E-state index in [0.717, 1.165) is 18.4 Å². The van der Waals surface area contributed by atoms with E-state index >= 15 is 0 Å². The fourth-order valence-corrected chi connectivity index (χ4v) is 2.83. The van der Waals surface area contributed by atoms with Crippen molar-refractivity contribution in [2.24, 2.45) is 0 Å². The number of rotatable bonds is 9. The lowest BCUT2D eigenvalue weighted by Gasteiger charge is -2.08. The summed E-state index contributed by atoms with van der Waals surface area (Å²) < 4.78 is 31.6. The lowest BCUT2D eigenvalue weighted by molar-refractivity contribution is 0.193. The minimum Gasteiger partial charge on any atom is -0.385 e. The standard InChI is InChI=1S/C13H22N2O3S/c1-14-11-12-6-5-7-13(10-12)19(16,17)15-8-3-4-9-18-2/h5-7,10,14-15H,3-4,8-9,11H2,1-2H3. The molecular weight excluding hydrogens is 264 g/mol. The van der Waals surface area contributed by atoms with Crippen molar-refractivity contribution in [3.05, 3.63) is 29.8 Å². The number of hydrogen-bond acceptors (Lipinski definition) is 4. The Bertz CT molecular complexity index is 475. The van der Waals surface area contributed by atoms with E-state index in [9.17, 15) is 8.42 Å². The van der Waals surface area contributed by atoms with Crippen molar-refractivity contribution in [1.29, 1.82) is 0 Å². The van der Waals surface area contributed by atoms with Gasteiger partial charge in [-0.2, -0.15) is 0 Å². The summed E-state index contributed by atoms with van der Waals surface area (Å²) in [6.07, 6.45) is 1.61. The van der Waals surface area contributed by atoms with E-state index in [-0.39, 0.29) is 0 Å². The molecule has 0 aliphatic heterocycles. The van der Waals surface area contributed by atoms with E-state index in [1.54, 1.807) is 25.3 Å². The molecule has 0 aliphatic rings. The van der Waals surface area contributed by atoms with Gasteiger partial charge in [-0.05, 0) is 37.6 Å². The molecule has 0 unspecified atom stereocenters. The summed E-state index contributed by atoms with van der Waals surface area (Å²) in [4.78, 5) is 0.312. The second kappa shape index (κ2) is 8.27. The summed E-state index contributed by atoms with van der Waals surface area (Å²) in [5.74, 6) is 0. The van der Waals surface area contributed by atoms with Gasteiger partial charge in [-0.15, -0.1) is 0 Å². The predicted molar refractivity (Wildman–Crippen MR) is 75.5 cm³/mol. The maximum absolute atomic E-state index is 12.1. The minimum atomic E-state index is -3.41. The van der Waals surface area contributed by atoms with E-state index in [1.165, 1.54) is 0 Å². The fourth-order valence-electron chi connectivity index (χ4n) is 1.69. The molecule has 0 amide bonds. The van der Waals surface area contributed by atoms with E-state index in [2.05, 4.69) is 10.0 Å². The number of nitrogens with one attached hydrogen (secondary N) is 2. The number of sulfonamides is 1. The lowest BCUT2D eigenvalue weighted by Crippen LogP contribution is -2.25. The van der Waals surface area contributed by atoms with Crippen LogP contribution in [0.3, 0.4) is 0 Å². The molecule has 108 valence electrons. The van der Waals surface area contributed by atoms with Crippen LogP contribution in [-0.4, -0.2) is 35.7 Å². The van der Waals surface area contributed by atoms with Crippen molar-refractivity contribution >= 4 is 10.0 Å². The third-order valence-electron chi connectivity index (χ3n) is 2.66. The molecule has 0 fully saturated rings. The zero-order valence-electron chi connectivity index (χ0n) is 11.5. The normalized spacial score (nSPS) is 11.7. The second-order valence-electron chi connectivity index (χ2n) is 4.28. The molecule has 0 saturated carbocycles. The highest BCUT2D eigenvalue weighted by Gasteiger charge is 2.13. The van der Waals surface area contributed by atoms with E-state index < -0.39 is 10.0 Å². The van der Waals surface area contributed by atoms with Crippen LogP contribution in [0.15, 0.2) is 29.2 Å². The van der Waals surface area contributed by atoms with Crippen LogP contribution < -0.4 is 10.0 Å². The van der Waals surface area contributed by atoms with Gasteiger partial charge in [0, 0.05) is 26.8 Å². The molecule has 0 bridgehead atoms. The fraction of sp³-hybridized carbons (Fsp3) is 0.538. The SMILES string of the molecule is CNCc1cccc(S(=O)(=O)NCCCCOC)c1. The molecule has 0 saturated heterocycles. The minimum absolute atomic E-state index is 0.312. The van der Waals surface area contributed by atoms with Crippen LogP contribution in [0.2, 0.25) is 0 Å². The van der Waals surface area contributed by atoms with Gasteiger partial charge in [0.25, 0.3) is 0 Å². The van der Waals surface area contributed by atoms with Crippen LogP contribution in [0.5, 0.6) is 0 Å². The number of methoxy groups -OCH3 is 1. The Morgan fingerprint density at radius 1 is 1.26 bits per heavy atom. The van der Waals surface area contributed by atoms with Gasteiger partial charge >= 0.3 is 0 Å². The van der Waals surface area contributed by atoms with Gasteiger partial charge in [-0.3, -0.25) is 0 Å². The average molecular weight is 286 g/mol. The molecule has 19 heavy (non-hydrogen) atoms. The van der Waals surface area contributed by atoms with Crippen LogP contribution in [0.4, 0.5) is 0 Å². The van der Waals surface area contributed by atoms with Crippen molar-refractivity contribution in [1.82, 2.24) is 10.0 Å². The first-order valence-corrected chi connectivity index (χ1v) is 7.80. The molecule has 0 aromatic heterocycles. The van der Waals surface area contributed by atoms with Crippen molar-refractivity contribution in [3.63, 3.8) is 0 Å². The summed E-state index contributed by atoms with van der Waals surface area (Å²) in [6, 6.07) is 6.95. The van der Waals surface area contributed by atoms with E-state index in [0.29, 0.717) is 24.6 Å². The highest BCUT2D eigenvalue weighted by atomic mass is 32.2. The Kier molecular flexibility index (Phi) is 7.01. The van der Waals surface area contributed by atoms with Gasteiger partial charge < -0.3 is 10.1 Å². The summed E-state index contributed by atoms with van der Waals surface area (Å²) in [5.41, 5.74) is 0.949. The van der Waals surface area contributed by atoms with Crippen LogP contribution in [0.1, 0.15) is 18.4 Å². The van der Waals surface area contributed by atoms with Gasteiger partial charge in [0.15, 0.2) is 0 Å².